The van der Waals surface area contributed by atoms with Crippen molar-refractivity contribution in [2.75, 3.05) is 21.3 Å². The van der Waals surface area contributed by atoms with E-state index >= 15 is 0 Å². The number of carbonyl (C=O) groups is 1. The number of rotatable bonds is 5. The van der Waals surface area contributed by atoms with Gasteiger partial charge in [-0.3, -0.25) is 9.48 Å². The third-order valence-corrected chi connectivity index (χ3v) is 2.90. The summed E-state index contributed by atoms with van der Waals surface area (Å²) in [6, 6.07) is 4.95. The van der Waals surface area contributed by atoms with Gasteiger partial charge in [-0.1, -0.05) is 0 Å². The Kier molecular flexibility index (Phi) is 3.93. The molecule has 1 aromatic carbocycles. The lowest BCUT2D eigenvalue weighted by atomic mass is 10.1. The molecule has 0 N–H and O–H groups in total. The molecule has 0 spiro atoms. The van der Waals surface area contributed by atoms with Crippen molar-refractivity contribution in [3.8, 4) is 17.2 Å². The molecule has 1 aromatic heterocycles. The van der Waals surface area contributed by atoms with E-state index in [1.54, 1.807) is 36.1 Å². The van der Waals surface area contributed by atoms with Crippen LogP contribution in [-0.2, 0) is 7.05 Å². The van der Waals surface area contributed by atoms with E-state index in [1.165, 1.54) is 21.3 Å². The summed E-state index contributed by atoms with van der Waals surface area (Å²) in [5, 5.41) is 4.10. The van der Waals surface area contributed by atoms with Gasteiger partial charge in [0, 0.05) is 13.2 Å². The summed E-state index contributed by atoms with van der Waals surface area (Å²) in [4.78, 5) is 12.5. The zero-order valence-corrected chi connectivity index (χ0v) is 11.8. The summed E-state index contributed by atoms with van der Waals surface area (Å²) < 4.78 is 17.3. The van der Waals surface area contributed by atoms with Gasteiger partial charge in [0.15, 0.2) is 11.5 Å². The van der Waals surface area contributed by atoms with Gasteiger partial charge in [-0.05, 0) is 18.2 Å². The summed E-state index contributed by atoms with van der Waals surface area (Å²) in [5.41, 5.74) is 0.724. The molecule has 0 amide bonds. The molecule has 0 aliphatic carbocycles. The standard InChI is InChI=1S/C14H16N2O4/c1-16-8-7-10(15-16)12(17)9-5-6-11(18-2)14(20-4)13(9)19-3/h5-8H,1-4H3. The predicted molar refractivity (Wildman–Crippen MR) is 72.7 cm³/mol. The summed E-state index contributed by atoms with van der Waals surface area (Å²) >= 11 is 0. The van der Waals surface area contributed by atoms with Gasteiger partial charge in [0.2, 0.25) is 11.5 Å². The smallest absolute Gasteiger partial charge is 0.217 e. The highest BCUT2D eigenvalue weighted by Crippen LogP contribution is 2.40. The monoisotopic (exact) mass is 276 g/mol. The largest absolute Gasteiger partial charge is 0.493 e. The highest BCUT2D eigenvalue weighted by Gasteiger charge is 2.22. The van der Waals surface area contributed by atoms with Crippen LogP contribution >= 0.6 is 0 Å². The first-order valence-corrected chi connectivity index (χ1v) is 5.95. The number of aryl methyl sites for hydroxylation is 1. The minimum Gasteiger partial charge on any atom is -0.493 e. The fourth-order valence-corrected chi connectivity index (χ4v) is 1.95. The van der Waals surface area contributed by atoms with Crippen LogP contribution < -0.4 is 14.2 Å². The number of ether oxygens (including phenoxy) is 3. The van der Waals surface area contributed by atoms with E-state index in [2.05, 4.69) is 5.10 Å². The molecule has 6 nitrogen and oxygen atoms in total. The molecule has 0 unspecified atom stereocenters. The van der Waals surface area contributed by atoms with Gasteiger partial charge >= 0.3 is 0 Å². The van der Waals surface area contributed by atoms with Crippen molar-refractivity contribution >= 4 is 5.78 Å². The third kappa shape index (κ3) is 2.32. The van der Waals surface area contributed by atoms with E-state index in [9.17, 15) is 4.79 Å². The second kappa shape index (κ2) is 5.64. The van der Waals surface area contributed by atoms with Gasteiger partial charge in [0.05, 0.1) is 26.9 Å². The normalized spacial score (nSPS) is 10.2. The molecule has 1 heterocycles. The number of nitrogens with zero attached hydrogens (tertiary/aromatic N) is 2. The maximum absolute atomic E-state index is 12.5. The average molecular weight is 276 g/mol. The van der Waals surface area contributed by atoms with E-state index in [0.717, 1.165) is 0 Å². The molecule has 0 aliphatic heterocycles. The lowest BCUT2D eigenvalue weighted by Crippen LogP contribution is -2.07. The zero-order valence-electron chi connectivity index (χ0n) is 11.8. The predicted octanol–water partition coefficient (Wildman–Crippen LogP) is 1.68. The van der Waals surface area contributed by atoms with E-state index in [-0.39, 0.29) is 5.78 Å². The second-order valence-corrected chi connectivity index (χ2v) is 4.09. The van der Waals surface area contributed by atoms with Gasteiger partial charge in [0.1, 0.15) is 5.69 Å². The van der Waals surface area contributed by atoms with Crippen molar-refractivity contribution in [3.63, 3.8) is 0 Å². The minimum absolute atomic E-state index is 0.233. The van der Waals surface area contributed by atoms with Crippen LogP contribution in [0, 0.1) is 0 Å². The van der Waals surface area contributed by atoms with E-state index < -0.39 is 0 Å². The van der Waals surface area contributed by atoms with Crippen LogP contribution in [0.2, 0.25) is 0 Å². The first-order chi connectivity index (χ1) is 9.62. The number of benzene rings is 1. The summed E-state index contributed by atoms with van der Waals surface area (Å²) in [6.45, 7) is 0. The highest BCUT2D eigenvalue weighted by atomic mass is 16.5. The maximum Gasteiger partial charge on any atom is 0.217 e. The van der Waals surface area contributed by atoms with Crippen LogP contribution in [0.3, 0.4) is 0 Å². The molecule has 106 valence electrons. The van der Waals surface area contributed by atoms with Crippen molar-refractivity contribution in [3.05, 3.63) is 35.7 Å². The van der Waals surface area contributed by atoms with E-state index in [4.69, 9.17) is 14.2 Å². The third-order valence-electron chi connectivity index (χ3n) is 2.90. The summed E-state index contributed by atoms with van der Waals surface area (Å²) in [6.07, 6.45) is 1.71. The molecule has 20 heavy (non-hydrogen) atoms. The maximum atomic E-state index is 12.5. The number of hydrogen-bond donors (Lipinski definition) is 0. The number of hydrogen-bond acceptors (Lipinski definition) is 5. The Morgan fingerprint density at radius 1 is 1.05 bits per heavy atom. The van der Waals surface area contributed by atoms with Crippen molar-refractivity contribution in [1.82, 2.24) is 9.78 Å². The van der Waals surface area contributed by atoms with Crippen LogP contribution in [0.25, 0.3) is 0 Å². The Morgan fingerprint density at radius 2 is 1.75 bits per heavy atom. The topological polar surface area (TPSA) is 62.6 Å². The van der Waals surface area contributed by atoms with Crippen molar-refractivity contribution < 1.29 is 19.0 Å². The van der Waals surface area contributed by atoms with Gasteiger partial charge in [0.25, 0.3) is 0 Å². The van der Waals surface area contributed by atoms with Gasteiger partial charge in [-0.25, -0.2) is 0 Å². The Morgan fingerprint density at radius 3 is 2.25 bits per heavy atom. The number of carbonyl (C=O) groups excluding carboxylic acids is 1. The molecule has 0 saturated heterocycles. The first-order valence-electron chi connectivity index (χ1n) is 5.95. The zero-order chi connectivity index (χ0) is 14.7. The minimum atomic E-state index is -0.233. The number of methoxy groups -OCH3 is 3. The molecular formula is C14H16N2O4. The van der Waals surface area contributed by atoms with Crippen LogP contribution in [0.4, 0.5) is 0 Å². The summed E-state index contributed by atoms with van der Waals surface area (Å²) in [5.74, 6) is 0.990. The fraction of sp³-hybridized carbons (Fsp3) is 0.286. The number of ketones is 1. The molecular weight excluding hydrogens is 260 g/mol. The molecule has 0 radical (unpaired) electrons. The lowest BCUT2D eigenvalue weighted by Gasteiger charge is -2.14. The molecule has 2 aromatic rings. The SMILES string of the molecule is COc1ccc(C(=O)c2ccn(C)n2)c(OC)c1OC. The highest BCUT2D eigenvalue weighted by molar-refractivity contribution is 6.10. The van der Waals surface area contributed by atoms with Crippen LogP contribution in [0.15, 0.2) is 24.4 Å². The Bertz CT molecular complexity index is 634. The van der Waals surface area contributed by atoms with Crippen LogP contribution in [-0.4, -0.2) is 36.9 Å². The van der Waals surface area contributed by atoms with Gasteiger partial charge < -0.3 is 14.2 Å². The van der Waals surface area contributed by atoms with E-state index in [0.29, 0.717) is 28.5 Å². The van der Waals surface area contributed by atoms with Crippen molar-refractivity contribution in [1.29, 1.82) is 0 Å². The Labute approximate surface area is 116 Å². The first kappa shape index (κ1) is 13.9. The van der Waals surface area contributed by atoms with Crippen molar-refractivity contribution in [2.24, 2.45) is 7.05 Å². The molecule has 0 atom stereocenters. The van der Waals surface area contributed by atoms with Gasteiger partial charge in [-0.2, -0.15) is 5.10 Å². The molecule has 0 bridgehead atoms. The lowest BCUT2D eigenvalue weighted by molar-refractivity contribution is 0.103. The molecule has 2 rings (SSSR count). The molecule has 0 fully saturated rings. The summed E-state index contributed by atoms with van der Waals surface area (Å²) in [7, 11) is 6.25. The molecule has 0 aliphatic rings. The van der Waals surface area contributed by atoms with Gasteiger partial charge in [-0.15, -0.1) is 0 Å². The Balaban J connectivity index is 2.54. The quantitative estimate of drug-likeness (QED) is 0.777. The van der Waals surface area contributed by atoms with Crippen LogP contribution in [0.1, 0.15) is 16.1 Å². The Hall–Kier alpha value is -2.50. The second-order valence-electron chi connectivity index (χ2n) is 4.09. The molecule has 6 heteroatoms. The van der Waals surface area contributed by atoms with E-state index in [1.807, 2.05) is 0 Å². The average Bonchev–Trinajstić information content (AvgIpc) is 2.91. The van der Waals surface area contributed by atoms with Crippen molar-refractivity contribution in [2.45, 2.75) is 0 Å². The van der Waals surface area contributed by atoms with Crippen LogP contribution in [0.5, 0.6) is 17.2 Å². The molecule has 0 saturated carbocycles. The fourth-order valence-electron chi connectivity index (χ4n) is 1.95. The number of aromatic nitrogens is 2.